The maximum Gasteiger partial charge on any atom is 0.408 e. The van der Waals surface area contributed by atoms with Crippen molar-refractivity contribution in [1.82, 2.24) is 20.6 Å². The molecule has 0 radical (unpaired) electrons. The van der Waals surface area contributed by atoms with Gasteiger partial charge in [-0.05, 0) is 31.5 Å². The van der Waals surface area contributed by atoms with Crippen molar-refractivity contribution in [3.63, 3.8) is 0 Å². The third-order valence-corrected chi connectivity index (χ3v) is 4.12. The van der Waals surface area contributed by atoms with Gasteiger partial charge in [-0.1, -0.05) is 42.5 Å². The molecule has 2 aromatic carbocycles. The number of rotatable bonds is 6. The lowest BCUT2D eigenvalue weighted by Gasteiger charge is -2.17. The summed E-state index contributed by atoms with van der Waals surface area (Å²) < 4.78 is 5.13. The minimum absolute atomic E-state index is 0.149. The molecule has 7 nitrogen and oxygen atoms in total. The molecule has 2 amide bonds. The summed E-state index contributed by atoms with van der Waals surface area (Å²) in [5, 5.41) is 5.36. The average molecular weight is 366 g/mol. The lowest BCUT2D eigenvalue weighted by Crippen LogP contribution is -2.45. The van der Waals surface area contributed by atoms with Gasteiger partial charge in [0.2, 0.25) is 5.91 Å². The van der Waals surface area contributed by atoms with Crippen LogP contribution in [0.1, 0.15) is 31.3 Å². The Morgan fingerprint density at radius 3 is 2.48 bits per heavy atom. The third-order valence-electron chi connectivity index (χ3n) is 4.12. The molecule has 0 saturated carbocycles. The number of alkyl carbamates (subject to hydrolysis) is 1. The molecular weight excluding hydrogens is 344 g/mol. The van der Waals surface area contributed by atoms with Crippen LogP contribution < -0.4 is 10.6 Å². The van der Waals surface area contributed by atoms with Crippen LogP contribution >= 0.6 is 0 Å². The molecule has 1 heterocycles. The van der Waals surface area contributed by atoms with Crippen molar-refractivity contribution in [2.45, 2.75) is 32.5 Å². The molecule has 0 saturated heterocycles. The Morgan fingerprint density at radius 1 is 1.04 bits per heavy atom. The van der Waals surface area contributed by atoms with Gasteiger partial charge >= 0.3 is 6.09 Å². The number of para-hydroxylation sites is 2. The number of carbonyl (C=O) groups is 2. The highest BCUT2D eigenvalue weighted by Crippen LogP contribution is 2.15. The highest BCUT2D eigenvalue weighted by Gasteiger charge is 2.20. The van der Waals surface area contributed by atoms with Crippen molar-refractivity contribution in [3.05, 3.63) is 66.0 Å². The Kier molecular flexibility index (Phi) is 5.71. The SMILES string of the molecule is C[C@H](NC(=O)OCc1ccccc1)C(=O)N[C@@H](C)c1nc2ccccc2[nH]1. The van der Waals surface area contributed by atoms with E-state index in [0.717, 1.165) is 16.6 Å². The van der Waals surface area contributed by atoms with Gasteiger partial charge in [0.1, 0.15) is 18.5 Å². The van der Waals surface area contributed by atoms with E-state index in [9.17, 15) is 9.59 Å². The normalized spacial score (nSPS) is 13.0. The number of ether oxygens (including phenoxy) is 1. The van der Waals surface area contributed by atoms with Crippen molar-refractivity contribution < 1.29 is 14.3 Å². The molecule has 0 aliphatic heterocycles. The smallest absolute Gasteiger partial charge is 0.408 e. The van der Waals surface area contributed by atoms with Crippen molar-refractivity contribution >= 4 is 23.0 Å². The van der Waals surface area contributed by atoms with Crippen LogP contribution in [-0.2, 0) is 16.1 Å². The van der Waals surface area contributed by atoms with Crippen molar-refractivity contribution in [2.24, 2.45) is 0 Å². The number of H-pyrrole nitrogens is 1. The number of imidazole rings is 1. The number of benzene rings is 2. The summed E-state index contributed by atoms with van der Waals surface area (Å²) in [6.07, 6.45) is -0.641. The molecule has 27 heavy (non-hydrogen) atoms. The zero-order chi connectivity index (χ0) is 19.2. The first kappa shape index (κ1) is 18.4. The molecular formula is C20H22N4O3. The first-order chi connectivity index (χ1) is 13.0. The van der Waals surface area contributed by atoms with Crippen LogP contribution in [0.5, 0.6) is 0 Å². The van der Waals surface area contributed by atoms with Gasteiger partial charge in [-0.15, -0.1) is 0 Å². The van der Waals surface area contributed by atoms with E-state index in [2.05, 4.69) is 20.6 Å². The number of hydrogen-bond donors (Lipinski definition) is 3. The molecule has 0 unspecified atom stereocenters. The maximum atomic E-state index is 12.3. The summed E-state index contributed by atoms with van der Waals surface area (Å²) in [6.45, 7) is 3.58. The third kappa shape index (κ3) is 4.84. The lowest BCUT2D eigenvalue weighted by atomic mass is 10.2. The second kappa shape index (κ2) is 8.35. The van der Waals surface area contributed by atoms with E-state index in [-0.39, 0.29) is 18.6 Å². The fraction of sp³-hybridized carbons (Fsp3) is 0.250. The largest absolute Gasteiger partial charge is 0.445 e. The second-order valence-electron chi connectivity index (χ2n) is 6.30. The summed E-state index contributed by atoms with van der Waals surface area (Å²) >= 11 is 0. The molecule has 0 spiro atoms. The van der Waals surface area contributed by atoms with Crippen LogP contribution in [0.15, 0.2) is 54.6 Å². The number of carbonyl (C=O) groups excluding carboxylic acids is 2. The Balaban J connectivity index is 1.49. The molecule has 7 heteroatoms. The maximum absolute atomic E-state index is 12.3. The monoisotopic (exact) mass is 366 g/mol. The Morgan fingerprint density at radius 2 is 1.74 bits per heavy atom. The van der Waals surface area contributed by atoms with E-state index >= 15 is 0 Å². The number of amides is 2. The van der Waals surface area contributed by atoms with E-state index in [1.807, 2.05) is 61.5 Å². The van der Waals surface area contributed by atoms with Crippen LogP contribution in [-0.4, -0.2) is 28.0 Å². The van der Waals surface area contributed by atoms with Gasteiger partial charge in [-0.3, -0.25) is 4.79 Å². The summed E-state index contributed by atoms with van der Waals surface area (Å²) in [4.78, 5) is 31.8. The van der Waals surface area contributed by atoms with Crippen molar-refractivity contribution in [3.8, 4) is 0 Å². The van der Waals surface area contributed by atoms with E-state index in [1.54, 1.807) is 6.92 Å². The Hall–Kier alpha value is -3.35. The molecule has 0 fully saturated rings. The summed E-state index contributed by atoms with van der Waals surface area (Å²) in [7, 11) is 0. The van der Waals surface area contributed by atoms with Gasteiger partial charge in [0, 0.05) is 0 Å². The van der Waals surface area contributed by atoms with Crippen molar-refractivity contribution in [2.75, 3.05) is 0 Å². The zero-order valence-electron chi connectivity index (χ0n) is 15.2. The van der Waals surface area contributed by atoms with Crippen LogP contribution in [0.25, 0.3) is 11.0 Å². The number of aromatic amines is 1. The Labute approximate surface area is 157 Å². The fourth-order valence-electron chi connectivity index (χ4n) is 2.59. The quantitative estimate of drug-likeness (QED) is 0.625. The predicted molar refractivity (Wildman–Crippen MR) is 102 cm³/mol. The highest BCUT2D eigenvalue weighted by molar-refractivity contribution is 5.85. The van der Waals surface area contributed by atoms with Crippen LogP contribution in [0.3, 0.4) is 0 Å². The van der Waals surface area contributed by atoms with Gasteiger partial charge in [0.05, 0.1) is 17.1 Å². The van der Waals surface area contributed by atoms with Gasteiger partial charge in [0.15, 0.2) is 0 Å². The first-order valence-electron chi connectivity index (χ1n) is 8.75. The molecule has 1 aromatic heterocycles. The topological polar surface area (TPSA) is 96.1 Å². The van der Waals surface area contributed by atoms with Gasteiger partial charge in [-0.2, -0.15) is 0 Å². The van der Waals surface area contributed by atoms with Crippen LogP contribution in [0, 0.1) is 0 Å². The molecule has 140 valence electrons. The van der Waals surface area contributed by atoms with Gasteiger partial charge < -0.3 is 20.4 Å². The number of fused-ring (bicyclic) bond motifs is 1. The van der Waals surface area contributed by atoms with E-state index in [1.165, 1.54) is 0 Å². The summed E-state index contributed by atoms with van der Waals surface area (Å²) in [5.41, 5.74) is 2.62. The second-order valence-corrected chi connectivity index (χ2v) is 6.30. The minimum atomic E-state index is -0.736. The first-order valence-corrected chi connectivity index (χ1v) is 8.75. The number of aromatic nitrogens is 2. The average Bonchev–Trinajstić information content (AvgIpc) is 3.11. The molecule has 0 aliphatic carbocycles. The minimum Gasteiger partial charge on any atom is -0.445 e. The van der Waals surface area contributed by atoms with E-state index in [4.69, 9.17) is 4.74 Å². The van der Waals surface area contributed by atoms with Gasteiger partial charge in [0.25, 0.3) is 0 Å². The van der Waals surface area contributed by atoms with Crippen molar-refractivity contribution in [1.29, 1.82) is 0 Å². The summed E-state index contributed by atoms with van der Waals surface area (Å²) in [5.74, 6) is 0.336. The van der Waals surface area contributed by atoms with Gasteiger partial charge in [-0.25, -0.2) is 9.78 Å². The predicted octanol–water partition coefficient (Wildman–Crippen LogP) is 3.06. The summed E-state index contributed by atoms with van der Waals surface area (Å²) in [6, 6.07) is 15.9. The van der Waals surface area contributed by atoms with E-state index in [0.29, 0.717) is 5.82 Å². The molecule has 0 aliphatic rings. The molecule has 2 atom stereocenters. The standard InChI is InChI=1S/C20H22N4O3/c1-13(18-23-16-10-6-7-11-17(16)24-18)21-19(25)14(2)22-20(26)27-12-15-8-4-3-5-9-15/h3-11,13-14H,12H2,1-2H3,(H,21,25)(H,22,26)(H,23,24)/t13-,14-/m0/s1. The lowest BCUT2D eigenvalue weighted by molar-refractivity contribution is -0.123. The molecule has 3 rings (SSSR count). The number of nitrogens with one attached hydrogen (secondary N) is 3. The van der Waals surface area contributed by atoms with Crippen LogP contribution in [0.2, 0.25) is 0 Å². The highest BCUT2D eigenvalue weighted by atomic mass is 16.5. The Bertz CT molecular complexity index is 890. The molecule has 3 aromatic rings. The number of hydrogen-bond acceptors (Lipinski definition) is 4. The van der Waals surface area contributed by atoms with E-state index < -0.39 is 12.1 Å². The number of nitrogens with zero attached hydrogens (tertiary/aromatic N) is 1. The van der Waals surface area contributed by atoms with Crippen LogP contribution in [0.4, 0.5) is 4.79 Å². The zero-order valence-corrected chi connectivity index (χ0v) is 15.2. The fourth-order valence-corrected chi connectivity index (χ4v) is 2.59. The molecule has 3 N–H and O–H groups in total. The molecule has 0 bridgehead atoms.